The fraction of sp³-hybridized carbons (Fsp3) is 0.200. The quantitative estimate of drug-likeness (QED) is 0.645. The fourth-order valence-electron chi connectivity index (χ4n) is 2.40. The van der Waals surface area contributed by atoms with E-state index in [4.69, 9.17) is 14.2 Å². The summed E-state index contributed by atoms with van der Waals surface area (Å²) in [5.41, 5.74) is 1.03. The van der Waals surface area contributed by atoms with Gasteiger partial charge in [-0.3, -0.25) is 4.79 Å². The summed E-state index contributed by atoms with van der Waals surface area (Å²) in [7, 11) is 0. The van der Waals surface area contributed by atoms with E-state index in [0.29, 0.717) is 30.4 Å². The maximum atomic E-state index is 13.1. The van der Waals surface area contributed by atoms with Gasteiger partial charge in [0.25, 0.3) is 5.91 Å². The molecule has 0 aliphatic carbocycles. The SMILES string of the molecule is O=C(COC(=O)/C=C/c1ccc2c(c1)OCCCO2)Nc1cccc(F)c1. The van der Waals surface area contributed by atoms with E-state index in [1.807, 2.05) is 0 Å². The minimum absolute atomic E-state index is 0.291. The highest BCUT2D eigenvalue weighted by molar-refractivity contribution is 5.94. The van der Waals surface area contributed by atoms with Crippen molar-refractivity contribution >= 4 is 23.6 Å². The summed E-state index contributed by atoms with van der Waals surface area (Å²) in [6, 6.07) is 10.8. The first-order valence-corrected chi connectivity index (χ1v) is 8.40. The summed E-state index contributed by atoms with van der Waals surface area (Å²) in [6.45, 7) is 0.704. The molecule has 1 aliphatic heterocycles. The molecule has 0 saturated carbocycles. The molecule has 1 amide bonds. The lowest BCUT2D eigenvalue weighted by molar-refractivity contribution is -0.142. The first kappa shape index (κ1) is 18.4. The van der Waals surface area contributed by atoms with Gasteiger partial charge in [0, 0.05) is 18.2 Å². The number of carbonyl (C=O) groups excluding carboxylic acids is 2. The minimum atomic E-state index is -0.670. The summed E-state index contributed by atoms with van der Waals surface area (Å²) >= 11 is 0. The monoisotopic (exact) mass is 371 g/mol. The zero-order valence-corrected chi connectivity index (χ0v) is 14.4. The second-order valence-electron chi connectivity index (χ2n) is 5.76. The molecular weight excluding hydrogens is 353 g/mol. The van der Waals surface area contributed by atoms with Crippen molar-refractivity contribution in [3.63, 3.8) is 0 Å². The molecule has 0 atom stereocenters. The van der Waals surface area contributed by atoms with Crippen molar-refractivity contribution in [3.8, 4) is 11.5 Å². The molecule has 3 rings (SSSR count). The Morgan fingerprint density at radius 3 is 2.74 bits per heavy atom. The highest BCUT2D eigenvalue weighted by atomic mass is 19.1. The second kappa shape index (κ2) is 8.84. The molecule has 0 unspecified atom stereocenters. The van der Waals surface area contributed by atoms with Crippen LogP contribution in [-0.2, 0) is 14.3 Å². The average molecular weight is 371 g/mol. The third-order valence-electron chi connectivity index (χ3n) is 3.64. The smallest absolute Gasteiger partial charge is 0.331 e. The van der Waals surface area contributed by atoms with Gasteiger partial charge in [-0.2, -0.15) is 0 Å². The number of nitrogens with one attached hydrogen (secondary N) is 1. The van der Waals surface area contributed by atoms with Gasteiger partial charge in [0.1, 0.15) is 5.82 Å². The molecule has 1 heterocycles. The molecule has 0 fully saturated rings. The summed E-state index contributed by atoms with van der Waals surface area (Å²) in [5, 5.41) is 2.44. The van der Waals surface area contributed by atoms with Crippen molar-refractivity contribution in [1.82, 2.24) is 0 Å². The first-order chi connectivity index (χ1) is 13.1. The molecule has 1 N–H and O–H groups in total. The third-order valence-corrected chi connectivity index (χ3v) is 3.64. The van der Waals surface area contributed by atoms with Gasteiger partial charge in [0.2, 0.25) is 0 Å². The molecule has 1 aliphatic rings. The molecule has 140 valence electrons. The molecule has 0 aromatic heterocycles. The zero-order chi connectivity index (χ0) is 19.1. The Balaban J connectivity index is 1.50. The van der Waals surface area contributed by atoms with Gasteiger partial charge in [-0.05, 0) is 42.0 Å². The molecule has 2 aromatic carbocycles. The van der Waals surface area contributed by atoms with Gasteiger partial charge in [0.15, 0.2) is 18.1 Å². The van der Waals surface area contributed by atoms with Gasteiger partial charge in [-0.15, -0.1) is 0 Å². The van der Waals surface area contributed by atoms with Gasteiger partial charge < -0.3 is 19.5 Å². The van der Waals surface area contributed by atoms with Crippen molar-refractivity contribution in [2.75, 3.05) is 25.1 Å². The van der Waals surface area contributed by atoms with E-state index in [2.05, 4.69) is 5.32 Å². The standard InChI is InChI=1S/C20H18FNO5/c21-15-3-1-4-16(12-15)22-19(23)13-27-20(24)8-6-14-5-7-17-18(11-14)26-10-2-9-25-17/h1,3-8,11-12H,2,9-10,13H2,(H,22,23)/b8-6+. The lowest BCUT2D eigenvalue weighted by Gasteiger charge is -2.07. The largest absolute Gasteiger partial charge is 0.490 e. The number of anilines is 1. The maximum absolute atomic E-state index is 13.1. The van der Waals surface area contributed by atoms with Gasteiger partial charge in [-0.1, -0.05) is 12.1 Å². The summed E-state index contributed by atoms with van der Waals surface area (Å²) < 4.78 is 29.1. The van der Waals surface area contributed by atoms with E-state index >= 15 is 0 Å². The van der Waals surface area contributed by atoms with E-state index < -0.39 is 24.3 Å². The third kappa shape index (κ3) is 5.57. The molecule has 0 radical (unpaired) electrons. The zero-order valence-electron chi connectivity index (χ0n) is 14.4. The van der Waals surface area contributed by atoms with E-state index in [1.165, 1.54) is 30.3 Å². The van der Waals surface area contributed by atoms with Crippen LogP contribution in [0.2, 0.25) is 0 Å². The first-order valence-electron chi connectivity index (χ1n) is 8.40. The average Bonchev–Trinajstić information content (AvgIpc) is 2.89. The predicted molar refractivity (Wildman–Crippen MR) is 97.1 cm³/mol. The summed E-state index contributed by atoms with van der Waals surface area (Å²) in [5.74, 6) is -0.406. The van der Waals surface area contributed by atoms with Crippen LogP contribution in [0.1, 0.15) is 12.0 Å². The lowest BCUT2D eigenvalue weighted by atomic mass is 10.2. The number of ether oxygens (including phenoxy) is 3. The van der Waals surface area contributed by atoms with Crippen molar-refractivity contribution in [2.24, 2.45) is 0 Å². The van der Waals surface area contributed by atoms with Crippen LogP contribution in [0.5, 0.6) is 11.5 Å². The van der Waals surface area contributed by atoms with E-state index in [9.17, 15) is 14.0 Å². The normalized spacial score (nSPS) is 13.1. The molecule has 27 heavy (non-hydrogen) atoms. The van der Waals surface area contributed by atoms with Crippen LogP contribution >= 0.6 is 0 Å². The van der Waals surface area contributed by atoms with Gasteiger partial charge in [-0.25, -0.2) is 9.18 Å². The number of rotatable bonds is 5. The molecule has 0 bridgehead atoms. The van der Waals surface area contributed by atoms with Crippen LogP contribution in [0, 0.1) is 5.82 Å². The maximum Gasteiger partial charge on any atom is 0.331 e. The minimum Gasteiger partial charge on any atom is -0.490 e. The fourth-order valence-corrected chi connectivity index (χ4v) is 2.40. The van der Waals surface area contributed by atoms with Crippen molar-refractivity contribution in [3.05, 3.63) is 59.9 Å². The van der Waals surface area contributed by atoms with Crippen LogP contribution in [0.4, 0.5) is 10.1 Å². The van der Waals surface area contributed by atoms with Gasteiger partial charge >= 0.3 is 5.97 Å². The Morgan fingerprint density at radius 1 is 1.11 bits per heavy atom. The molecular formula is C20H18FNO5. The highest BCUT2D eigenvalue weighted by Crippen LogP contribution is 2.30. The number of halogens is 1. The Bertz CT molecular complexity index is 865. The summed E-state index contributed by atoms with van der Waals surface area (Å²) in [4.78, 5) is 23.5. The van der Waals surface area contributed by atoms with Crippen LogP contribution in [-0.4, -0.2) is 31.7 Å². The van der Waals surface area contributed by atoms with Crippen LogP contribution in [0.25, 0.3) is 6.08 Å². The van der Waals surface area contributed by atoms with Crippen molar-refractivity contribution < 1.29 is 28.2 Å². The van der Waals surface area contributed by atoms with Crippen molar-refractivity contribution in [2.45, 2.75) is 6.42 Å². The predicted octanol–water partition coefficient (Wildman–Crippen LogP) is 3.18. The van der Waals surface area contributed by atoms with E-state index in [0.717, 1.165) is 12.0 Å². The molecule has 6 nitrogen and oxygen atoms in total. The van der Waals surface area contributed by atoms with Crippen LogP contribution < -0.4 is 14.8 Å². The second-order valence-corrected chi connectivity index (χ2v) is 5.76. The van der Waals surface area contributed by atoms with E-state index in [1.54, 1.807) is 24.3 Å². The number of hydrogen-bond acceptors (Lipinski definition) is 5. The van der Waals surface area contributed by atoms with E-state index in [-0.39, 0.29) is 0 Å². The topological polar surface area (TPSA) is 73.9 Å². The molecule has 0 saturated heterocycles. The number of amides is 1. The van der Waals surface area contributed by atoms with Crippen LogP contribution in [0.3, 0.4) is 0 Å². The molecule has 2 aromatic rings. The molecule has 7 heteroatoms. The Kier molecular flexibility index (Phi) is 6.04. The highest BCUT2D eigenvalue weighted by Gasteiger charge is 2.10. The Labute approximate surface area is 155 Å². The number of carbonyl (C=O) groups is 2. The lowest BCUT2D eigenvalue weighted by Crippen LogP contribution is -2.20. The van der Waals surface area contributed by atoms with Crippen molar-refractivity contribution in [1.29, 1.82) is 0 Å². The van der Waals surface area contributed by atoms with Crippen LogP contribution in [0.15, 0.2) is 48.5 Å². The Hall–Kier alpha value is -3.35. The molecule has 0 spiro atoms. The number of esters is 1. The number of fused-ring (bicyclic) bond motifs is 1. The number of hydrogen-bond donors (Lipinski definition) is 1. The number of benzene rings is 2. The van der Waals surface area contributed by atoms with Gasteiger partial charge in [0.05, 0.1) is 13.2 Å². The Morgan fingerprint density at radius 2 is 1.93 bits per heavy atom. The summed E-state index contributed by atoms with van der Waals surface area (Å²) in [6.07, 6.45) is 3.58.